The molecule has 0 fully saturated rings. The number of amides is 1. The fraction of sp³-hybridized carbons (Fsp3) is 0.316. The molecule has 0 atom stereocenters. The van der Waals surface area contributed by atoms with Gasteiger partial charge in [-0.3, -0.25) is 4.79 Å². The highest BCUT2D eigenvalue weighted by atomic mass is 16.1. The summed E-state index contributed by atoms with van der Waals surface area (Å²) in [7, 11) is 3.90. The molecule has 0 aliphatic rings. The SMILES string of the molecule is CC(=O)Nc1cc(N(C)C)ccc1N=Nc1ccc(C)c(C)c1C. The molecular weight excluding hydrogens is 300 g/mol. The monoisotopic (exact) mass is 324 g/mol. The zero-order chi connectivity index (χ0) is 17.9. The lowest BCUT2D eigenvalue weighted by molar-refractivity contribution is -0.114. The van der Waals surface area contributed by atoms with E-state index in [0.717, 1.165) is 16.9 Å². The van der Waals surface area contributed by atoms with Gasteiger partial charge in [-0.05, 0) is 61.7 Å². The summed E-state index contributed by atoms with van der Waals surface area (Å²) in [5, 5.41) is 11.6. The quantitative estimate of drug-likeness (QED) is 0.800. The Labute approximate surface area is 143 Å². The highest BCUT2D eigenvalue weighted by Crippen LogP contribution is 2.32. The smallest absolute Gasteiger partial charge is 0.221 e. The van der Waals surface area contributed by atoms with E-state index in [4.69, 9.17) is 0 Å². The number of hydrogen-bond acceptors (Lipinski definition) is 4. The summed E-state index contributed by atoms with van der Waals surface area (Å²) < 4.78 is 0. The Morgan fingerprint density at radius 1 is 0.958 bits per heavy atom. The molecule has 0 aliphatic heterocycles. The average Bonchev–Trinajstić information content (AvgIpc) is 2.52. The Morgan fingerprint density at radius 3 is 2.21 bits per heavy atom. The van der Waals surface area contributed by atoms with E-state index in [1.54, 1.807) is 0 Å². The maximum absolute atomic E-state index is 11.5. The summed E-state index contributed by atoms with van der Waals surface area (Å²) >= 11 is 0. The first-order valence-corrected chi connectivity index (χ1v) is 7.87. The predicted molar refractivity (Wildman–Crippen MR) is 99.9 cm³/mol. The number of carbonyl (C=O) groups excluding carboxylic acids is 1. The topological polar surface area (TPSA) is 57.1 Å². The van der Waals surface area contributed by atoms with Crippen molar-refractivity contribution in [2.24, 2.45) is 10.2 Å². The number of hydrogen-bond donors (Lipinski definition) is 1. The van der Waals surface area contributed by atoms with Gasteiger partial charge in [-0.25, -0.2) is 0 Å². The van der Waals surface area contributed by atoms with Crippen molar-refractivity contribution in [1.29, 1.82) is 0 Å². The van der Waals surface area contributed by atoms with Gasteiger partial charge in [0.25, 0.3) is 0 Å². The molecule has 2 rings (SSSR count). The zero-order valence-corrected chi connectivity index (χ0v) is 15.1. The highest BCUT2D eigenvalue weighted by molar-refractivity contribution is 5.92. The molecule has 0 bridgehead atoms. The van der Waals surface area contributed by atoms with Gasteiger partial charge < -0.3 is 10.2 Å². The Morgan fingerprint density at radius 2 is 1.58 bits per heavy atom. The largest absolute Gasteiger partial charge is 0.378 e. The Bertz CT molecular complexity index is 794. The first-order valence-electron chi connectivity index (χ1n) is 7.87. The van der Waals surface area contributed by atoms with E-state index in [2.05, 4.69) is 29.4 Å². The van der Waals surface area contributed by atoms with Crippen LogP contribution in [-0.2, 0) is 4.79 Å². The van der Waals surface area contributed by atoms with E-state index in [1.165, 1.54) is 18.1 Å². The zero-order valence-electron chi connectivity index (χ0n) is 15.1. The van der Waals surface area contributed by atoms with Gasteiger partial charge in [0, 0.05) is 26.7 Å². The second-order valence-electron chi connectivity index (χ2n) is 6.13. The Hall–Kier alpha value is -2.69. The van der Waals surface area contributed by atoms with Crippen molar-refractivity contribution in [1.82, 2.24) is 0 Å². The molecule has 5 heteroatoms. The van der Waals surface area contributed by atoms with E-state index < -0.39 is 0 Å². The number of carbonyl (C=O) groups is 1. The first-order chi connectivity index (χ1) is 11.3. The minimum absolute atomic E-state index is 0.135. The maximum Gasteiger partial charge on any atom is 0.221 e. The molecule has 0 aliphatic carbocycles. The fourth-order valence-electron chi connectivity index (χ4n) is 2.34. The number of azo groups is 1. The van der Waals surface area contributed by atoms with Crippen molar-refractivity contribution < 1.29 is 4.79 Å². The summed E-state index contributed by atoms with van der Waals surface area (Å²) in [6.07, 6.45) is 0. The van der Waals surface area contributed by atoms with E-state index in [1.807, 2.05) is 56.3 Å². The van der Waals surface area contributed by atoms with Crippen molar-refractivity contribution in [3.8, 4) is 0 Å². The first kappa shape index (κ1) is 17.7. The minimum Gasteiger partial charge on any atom is -0.378 e. The van der Waals surface area contributed by atoms with Crippen LogP contribution >= 0.6 is 0 Å². The molecule has 0 radical (unpaired) electrons. The third-order valence-electron chi connectivity index (χ3n) is 4.10. The second kappa shape index (κ2) is 7.25. The van der Waals surface area contributed by atoms with Crippen LogP contribution in [0.1, 0.15) is 23.6 Å². The van der Waals surface area contributed by atoms with E-state index in [9.17, 15) is 4.79 Å². The molecule has 126 valence electrons. The maximum atomic E-state index is 11.5. The van der Waals surface area contributed by atoms with Crippen LogP contribution in [0.3, 0.4) is 0 Å². The van der Waals surface area contributed by atoms with Crippen LogP contribution in [0.4, 0.5) is 22.7 Å². The third kappa shape index (κ3) is 3.98. The molecule has 0 saturated heterocycles. The third-order valence-corrected chi connectivity index (χ3v) is 4.10. The molecule has 24 heavy (non-hydrogen) atoms. The summed E-state index contributed by atoms with van der Waals surface area (Å²) in [6, 6.07) is 9.71. The molecule has 0 spiro atoms. The number of benzene rings is 2. The molecule has 0 unspecified atom stereocenters. The minimum atomic E-state index is -0.135. The molecular formula is C19H24N4O. The van der Waals surface area contributed by atoms with Crippen LogP contribution in [0, 0.1) is 20.8 Å². The summed E-state index contributed by atoms with van der Waals surface area (Å²) in [5.41, 5.74) is 6.68. The molecule has 5 nitrogen and oxygen atoms in total. The lowest BCUT2D eigenvalue weighted by atomic mass is 10.0. The number of nitrogens with one attached hydrogen (secondary N) is 1. The van der Waals surface area contributed by atoms with Gasteiger partial charge in [0.2, 0.25) is 5.91 Å². The normalized spacial score (nSPS) is 10.9. The van der Waals surface area contributed by atoms with Crippen LogP contribution in [0.5, 0.6) is 0 Å². The number of aryl methyl sites for hydroxylation is 1. The van der Waals surface area contributed by atoms with Crippen molar-refractivity contribution in [2.75, 3.05) is 24.3 Å². The standard InChI is InChI=1S/C19H24N4O/c1-12-7-9-17(14(3)13(12)2)21-22-18-10-8-16(23(5)6)11-19(18)20-15(4)24/h7-11H,1-6H3,(H,20,24). The van der Waals surface area contributed by atoms with Crippen molar-refractivity contribution in [3.63, 3.8) is 0 Å². The number of nitrogens with zero attached hydrogens (tertiary/aromatic N) is 3. The molecule has 0 aromatic heterocycles. The van der Waals surface area contributed by atoms with E-state index in [0.29, 0.717) is 11.4 Å². The van der Waals surface area contributed by atoms with Gasteiger partial charge in [0.05, 0.1) is 11.4 Å². The van der Waals surface area contributed by atoms with Gasteiger partial charge >= 0.3 is 0 Å². The lowest BCUT2D eigenvalue weighted by Gasteiger charge is -2.15. The average molecular weight is 324 g/mol. The lowest BCUT2D eigenvalue weighted by Crippen LogP contribution is -2.10. The van der Waals surface area contributed by atoms with Gasteiger partial charge in [0.1, 0.15) is 5.69 Å². The summed E-state index contributed by atoms with van der Waals surface area (Å²) in [5.74, 6) is -0.135. The number of anilines is 2. The van der Waals surface area contributed by atoms with Gasteiger partial charge in [-0.2, -0.15) is 5.11 Å². The highest BCUT2D eigenvalue weighted by Gasteiger charge is 2.08. The Kier molecular flexibility index (Phi) is 5.34. The molecule has 2 aromatic rings. The van der Waals surface area contributed by atoms with E-state index in [-0.39, 0.29) is 5.91 Å². The van der Waals surface area contributed by atoms with Gasteiger partial charge in [-0.1, -0.05) is 6.07 Å². The molecule has 0 saturated carbocycles. The summed E-state index contributed by atoms with van der Waals surface area (Å²) in [6.45, 7) is 7.69. The van der Waals surface area contributed by atoms with Crippen LogP contribution in [0.2, 0.25) is 0 Å². The van der Waals surface area contributed by atoms with Crippen molar-refractivity contribution >= 4 is 28.7 Å². The molecule has 1 N–H and O–H groups in total. The van der Waals surface area contributed by atoms with Gasteiger partial charge in [0.15, 0.2) is 0 Å². The predicted octanol–water partition coefficient (Wildman–Crippen LogP) is 5.05. The second-order valence-corrected chi connectivity index (χ2v) is 6.13. The van der Waals surface area contributed by atoms with Crippen molar-refractivity contribution in [2.45, 2.75) is 27.7 Å². The summed E-state index contributed by atoms with van der Waals surface area (Å²) in [4.78, 5) is 13.4. The van der Waals surface area contributed by atoms with Crippen molar-refractivity contribution in [3.05, 3.63) is 47.0 Å². The number of rotatable bonds is 4. The molecule has 0 heterocycles. The van der Waals surface area contributed by atoms with E-state index >= 15 is 0 Å². The fourth-order valence-corrected chi connectivity index (χ4v) is 2.34. The molecule has 2 aromatic carbocycles. The van der Waals surface area contributed by atoms with Crippen LogP contribution in [0.15, 0.2) is 40.6 Å². The Balaban J connectivity index is 2.41. The van der Waals surface area contributed by atoms with Crippen LogP contribution in [-0.4, -0.2) is 20.0 Å². The van der Waals surface area contributed by atoms with Crippen LogP contribution in [0.25, 0.3) is 0 Å². The molecule has 1 amide bonds. The van der Waals surface area contributed by atoms with Crippen LogP contribution < -0.4 is 10.2 Å². The van der Waals surface area contributed by atoms with Gasteiger partial charge in [-0.15, -0.1) is 5.11 Å².